The van der Waals surface area contributed by atoms with Crippen LogP contribution in [0.3, 0.4) is 0 Å². The molecule has 0 aliphatic rings. The third-order valence-corrected chi connectivity index (χ3v) is 2.80. The molecule has 0 saturated carbocycles. The zero-order chi connectivity index (χ0) is 13.8. The van der Waals surface area contributed by atoms with Gasteiger partial charge in [0.15, 0.2) is 0 Å². The topological polar surface area (TPSA) is 12.5 Å². The molecule has 104 valence electrons. The lowest BCUT2D eigenvalue weighted by molar-refractivity contribution is 0.0956. The minimum absolute atomic E-state index is 0.725. The van der Waals surface area contributed by atoms with E-state index in [0.29, 0.717) is 0 Å². The van der Waals surface area contributed by atoms with Gasteiger partial charge >= 0.3 is 0 Å². The molecule has 0 spiro atoms. The van der Waals surface area contributed by atoms with Crippen LogP contribution in [0.1, 0.15) is 38.8 Å². The predicted octanol–water partition coefficient (Wildman–Crippen LogP) is 3.88. The first kappa shape index (κ1) is 17.1. The minimum atomic E-state index is 0.725. The Morgan fingerprint density at radius 3 is 2.33 bits per heavy atom. The van der Waals surface area contributed by atoms with E-state index in [4.69, 9.17) is 4.74 Å². The Labute approximate surface area is 113 Å². The van der Waals surface area contributed by atoms with Crippen molar-refractivity contribution in [2.24, 2.45) is 0 Å². The van der Waals surface area contributed by atoms with Gasteiger partial charge in [0.05, 0.1) is 13.2 Å². The average Bonchev–Trinajstić information content (AvgIpc) is 2.41. The van der Waals surface area contributed by atoms with Crippen LogP contribution in [-0.2, 0) is 11.3 Å². The SMILES string of the molecule is CC.CCN(CC)CCOCc1cccc(C)c1. The first-order valence-corrected chi connectivity index (χ1v) is 7.12. The molecule has 1 rings (SSSR count). The van der Waals surface area contributed by atoms with Crippen molar-refractivity contribution in [2.75, 3.05) is 26.2 Å². The minimum Gasteiger partial charge on any atom is -0.375 e. The van der Waals surface area contributed by atoms with E-state index in [1.54, 1.807) is 0 Å². The monoisotopic (exact) mass is 251 g/mol. The molecule has 0 unspecified atom stereocenters. The summed E-state index contributed by atoms with van der Waals surface area (Å²) in [6.07, 6.45) is 0. The summed E-state index contributed by atoms with van der Waals surface area (Å²) < 4.78 is 5.67. The van der Waals surface area contributed by atoms with Gasteiger partial charge in [-0.3, -0.25) is 0 Å². The Morgan fingerprint density at radius 1 is 1.11 bits per heavy atom. The third-order valence-electron chi connectivity index (χ3n) is 2.80. The van der Waals surface area contributed by atoms with Crippen molar-refractivity contribution in [3.63, 3.8) is 0 Å². The molecule has 1 aromatic carbocycles. The molecule has 0 bridgehead atoms. The molecule has 0 amide bonds. The highest BCUT2D eigenvalue weighted by Crippen LogP contribution is 2.05. The van der Waals surface area contributed by atoms with E-state index in [0.717, 1.165) is 32.8 Å². The highest BCUT2D eigenvalue weighted by atomic mass is 16.5. The number of nitrogens with zero attached hydrogens (tertiary/aromatic N) is 1. The average molecular weight is 251 g/mol. The van der Waals surface area contributed by atoms with Gasteiger partial charge in [0.25, 0.3) is 0 Å². The summed E-state index contributed by atoms with van der Waals surface area (Å²) in [5.41, 5.74) is 2.56. The van der Waals surface area contributed by atoms with Crippen molar-refractivity contribution in [2.45, 2.75) is 41.2 Å². The second kappa shape index (κ2) is 11.2. The molecule has 0 atom stereocenters. The van der Waals surface area contributed by atoms with Gasteiger partial charge in [-0.15, -0.1) is 0 Å². The summed E-state index contributed by atoms with van der Waals surface area (Å²) in [6, 6.07) is 8.49. The molecule has 2 nitrogen and oxygen atoms in total. The highest BCUT2D eigenvalue weighted by molar-refractivity contribution is 5.21. The van der Waals surface area contributed by atoms with Crippen LogP contribution in [0.2, 0.25) is 0 Å². The fourth-order valence-corrected chi connectivity index (χ4v) is 1.73. The van der Waals surface area contributed by atoms with Crippen molar-refractivity contribution < 1.29 is 4.74 Å². The molecule has 0 aromatic heterocycles. The molecule has 0 N–H and O–H groups in total. The number of rotatable bonds is 7. The molecule has 0 saturated heterocycles. The smallest absolute Gasteiger partial charge is 0.0717 e. The van der Waals surface area contributed by atoms with Gasteiger partial charge in [0.2, 0.25) is 0 Å². The zero-order valence-electron chi connectivity index (χ0n) is 12.7. The number of hydrogen-bond donors (Lipinski definition) is 0. The van der Waals surface area contributed by atoms with Crippen molar-refractivity contribution in [3.05, 3.63) is 35.4 Å². The third kappa shape index (κ3) is 7.46. The normalized spacial score (nSPS) is 10.1. The molecule has 0 aliphatic heterocycles. The maximum absolute atomic E-state index is 5.67. The van der Waals surface area contributed by atoms with Crippen LogP contribution in [0, 0.1) is 6.92 Å². The summed E-state index contributed by atoms with van der Waals surface area (Å²) in [7, 11) is 0. The van der Waals surface area contributed by atoms with Crippen LogP contribution in [0.4, 0.5) is 0 Å². The second-order valence-electron chi connectivity index (χ2n) is 4.07. The van der Waals surface area contributed by atoms with E-state index in [9.17, 15) is 0 Å². The highest BCUT2D eigenvalue weighted by Gasteiger charge is 1.98. The lowest BCUT2D eigenvalue weighted by atomic mass is 10.1. The molecule has 2 heteroatoms. The van der Waals surface area contributed by atoms with Gasteiger partial charge in [0, 0.05) is 6.54 Å². The largest absolute Gasteiger partial charge is 0.375 e. The van der Waals surface area contributed by atoms with E-state index in [1.807, 2.05) is 13.8 Å². The number of likely N-dealkylation sites (N-methyl/N-ethyl adjacent to an activating group) is 1. The Hall–Kier alpha value is -0.860. The van der Waals surface area contributed by atoms with Gasteiger partial charge in [0.1, 0.15) is 0 Å². The van der Waals surface area contributed by atoms with Gasteiger partial charge in [-0.1, -0.05) is 57.5 Å². The molecule has 18 heavy (non-hydrogen) atoms. The maximum Gasteiger partial charge on any atom is 0.0717 e. The van der Waals surface area contributed by atoms with Crippen LogP contribution >= 0.6 is 0 Å². The summed E-state index contributed by atoms with van der Waals surface area (Å²) in [6.45, 7) is 15.2. The Kier molecular flexibility index (Phi) is 10.7. The molecular weight excluding hydrogens is 222 g/mol. The first-order valence-electron chi connectivity index (χ1n) is 7.12. The van der Waals surface area contributed by atoms with Crippen molar-refractivity contribution >= 4 is 0 Å². The van der Waals surface area contributed by atoms with E-state index in [-0.39, 0.29) is 0 Å². The van der Waals surface area contributed by atoms with Gasteiger partial charge in [-0.25, -0.2) is 0 Å². The van der Waals surface area contributed by atoms with Crippen molar-refractivity contribution in [1.82, 2.24) is 4.90 Å². The predicted molar refractivity (Wildman–Crippen MR) is 80.0 cm³/mol. The molecular formula is C16H29NO. The standard InChI is InChI=1S/C14H23NO.C2H6/c1-4-15(5-2)9-10-16-12-14-8-6-7-13(3)11-14;1-2/h6-8,11H,4-5,9-10,12H2,1-3H3;1-2H3. The molecule has 0 radical (unpaired) electrons. The fourth-order valence-electron chi connectivity index (χ4n) is 1.73. The van der Waals surface area contributed by atoms with Crippen molar-refractivity contribution in [3.8, 4) is 0 Å². The number of benzene rings is 1. The quantitative estimate of drug-likeness (QED) is 0.682. The van der Waals surface area contributed by atoms with Crippen molar-refractivity contribution in [1.29, 1.82) is 0 Å². The zero-order valence-corrected chi connectivity index (χ0v) is 12.7. The second-order valence-corrected chi connectivity index (χ2v) is 4.07. The number of ether oxygens (including phenoxy) is 1. The van der Waals surface area contributed by atoms with Crippen LogP contribution in [0.15, 0.2) is 24.3 Å². The summed E-state index contributed by atoms with van der Waals surface area (Å²) >= 11 is 0. The fraction of sp³-hybridized carbons (Fsp3) is 0.625. The molecule has 0 aliphatic carbocycles. The Bertz CT molecular complexity index is 295. The molecule has 0 fully saturated rings. The summed E-state index contributed by atoms with van der Waals surface area (Å²) in [5, 5.41) is 0. The Balaban J connectivity index is 0.00000137. The van der Waals surface area contributed by atoms with Gasteiger partial charge in [-0.05, 0) is 25.6 Å². The van der Waals surface area contributed by atoms with Crippen LogP contribution in [-0.4, -0.2) is 31.1 Å². The lowest BCUT2D eigenvalue weighted by Crippen LogP contribution is -2.26. The number of aryl methyl sites for hydroxylation is 1. The van der Waals surface area contributed by atoms with Crippen LogP contribution in [0.25, 0.3) is 0 Å². The van der Waals surface area contributed by atoms with Crippen LogP contribution < -0.4 is 0 Å². The molecule has 0 heterocycles. The van der Waals surface area contributed by atoms with Gasteiger partial charge < -0.3 is 9.64 Å². The van der Waals surface area contributed by atoms with E-state index < -0.39 is 0 Å². The van der Waals surface area contributed by atoms with E-state index in [2.05, 4.69) is 49.9 Å². The van der Waals surface area contributed by atoms with E-state index in [1.165, 1.54) is 11.1 Å². The van der Waals surface area contributed by atoms with Gasteiger partial charge in [-0.2, -0.15) is 0 Å². The van der Waals surface area contributed by atoms with Crippen LogP contribution in [0.5, 0.6) is 0 Å². The lowest BCUT2D eigenvalue weighted by Gasteiger charge is -2.17. The summed E-state index contributed by atoms with van der Waals surface area (Å²) in [5.74, 6) is 0. The van der Waals surface area contributed by atoms with E-state index >= 15 is 0 Å². The summed E-state index contributed by atoms with van der Waals surface area (Å²) in [4.78, 5) is 2.37. The maximum atomic E-state index is 5.67. The first-order chi connectivity index (χ1) is 8.76. The Morgan fingerprint density at radius 2 is 1.78 bits per heavy atom. The molecule has 1 aromatic rings. The number of hydrogen-bond acceptors (Lipinski definition) is 2.